The molecule has 0 atom stereocenters. The molecule has 1 aliphatic heterocycles. The molecule has 2 nitrogen and oxygen atoms in total. The van der Waals surface area contributed by atoms with Crippen LogP contribution >= 0.6 is 0 Å². The van der Waals surface area contributed by atoms with Gasteiger partial charge in [-0.15, -0.1) is 0 Å². The van der Waals surface area contributed by atoms with Crippen molar-refractivity contribution in [2.75, 3.05) is 6.61 Å². The van der Waals surface area contributed by atoms with E-state index in [1.54, 1.807) is 6.26 Å². The molecule has 1 aromatic rings. The molecule has 0 fully saturated rings. The summed E-state index contributed by atoms with van der Waals surface area (Å²) >= 11 is 0. The number of ether oxygens (including phenoxy) is 1. The van der Waals surface area contributed by atoms with E-state index < -0.39 is 0 Å². The third-order valence-electron chi connectivity index (χ3n) is 3.27. The topological polar surface area (TPSA) is 22.1 Å². The van der Waals surface area contributed by atoms with Crippen LogP contribution in [0.1, 0.15) is 50.4 Å². The molecular formula is C16H21NO. The molecule has 2 rings (SSSR count). The molecule has 0 saturated carbocycles. The highest BCUT2D eigenvalue weighted by molar-refractivity contribution is 5.76. The molecule has 0 saturated heterocycles. The van der Waals surface area contributed by atoms with E-state index in [0.29, 0.717) is 18.4 Å². The molecule has 0 bridgehead atoms. The molecule has 0 aromatic carbocycles. The predicted molar refractivity (Wildman–Crippen MR) is 76.1 cm³/mol. The molecule has 0 amide bonds. The molecule has 1 aromatic heterocycles. The molecule has 0 unspecified atom stereocenters. The van der Waals surface area contributed by atoms with E-state index in [1.807, 2.05) is 12.3 Å². The first kappa shape index (κ1) is 12.9. The largest absolute Gasteiger partial charge is 0.497 e. The first-order chi connectivity index (χ1) is 8.61. The van der Waals surface area contributed by atoms with Gasteiger partial charge in [0.05, 0.1) is 12.0 Å². The van der Waals surface area contributed by atoms with Crippen molar-refractivity contribution in [2.45, 2.75) is 33.6 Å². The Labute approximate surface area is 109 Å². The van der Waals surface area contributed by atoms with E-state index in [2.05, 4.69) is 44.8 Å². The summed E-state index contributed by atoms with van der Waals surface area (Å²) in [6, 6.07) is 2.13. The number of pyridine rings is 1. The lowest BCUT2D eigenvalue weighted by molar-refractivity contribution is 0.292. The van der Waals surface area contributed by atoms with Crippen LogP contribution in [-0.4, -0.2) is 11.6 Å². The maximum atomic E-state index is 5.42. The van der Waals surface area contributed by atoms with E-state index >= 15 is 0 Å². The molecule has 0 aliphatic carbocycles. The molecule has 0 spiro atoms. The predicted octanol–water partition coefficient (Wildman–Crippen LogP) is 4.25. The number of aromatic nitrogens is 1. The minimum absolute atomic E-state index is 0.473. The van der Waals surface area contributed by atoms with Crippen LogP contribution in [0, 0.1) is 5.92 Å². The second kappa shape index (κ2) is 5.38. The van der Waals surface area contributed by atoms with Gasteiger partial charge in [0.25, 0.3) is 0 Å². The van der Waals surface area contributed by atoms with Gasteiger partial charge in [0.15, 0.2) is 0 Å². The van der Waals surface area contributed by atoms with E-state index in [-0.39, 0.29) is 0 Å². The van der Waals surface area contributed by atoms with Gasteiger partial charge in [-0.2, -0.15) is 0 Å². The second-order valence-electron chi connectivity index (χ2n) is 5.27. The van der Waals surface area contributed by atoms with Gasteiger partial charge in [-0.3, -0.25) is 4.98 Å². The molecule has 2 heteroatoms. The minimum Gasteiger partial charge on any atom is -0.497 e. The lowest BCUT2D eigenvalue weighted by atomic mass is 9.86. The van der Waals surface area contributed by atoms with Crippen LogP contribution in [0.25, 0.3) is 11.6 Å². The zero-order valence-corrected chi connectivity index (χ0v) is 11.6. The van der Waals surface area contributed by atoms with Crippen LogP contribution in [0.4, 0.5) is 0 Å². The number of rotatable bonds is 2. The van der Waals surface area contributed by atoms with Gasteiger partial charge in [0.2, 0.25) is 0 Å². The Hall–Kier alpha value is -1.57. The van der Waals surface area contributed by atoms with E-state index in [0.717, 1.165) is 5.69 Å². The molecule has 96 valence electrons. The van der Waals surface area contributed by atoms with Gasteiger partial charge in [0.1, 0.15) is 6.61 Å². The summed E-state index contributed by atoms with van der Waals surface area (Å²) in [7, 11) is 0. The van der Waals surface area contributed by atoms with Crippen molar-refractivity contribution in [3.05, 3.63) is 41.4 Å². The zero-order chi connectivity index (χ0) is 13.1. The third-order valence-corrected chi connectivity index (χ3v) is 3.27. The number of hydrogen-bond acceptors (Lipinski definition) is 2. The Balaban J connectivity index is 2.67. The summed E-state index contributed by atoms with van der Waals surface area (Å²) in [6.45, 7) is 9.53. The molecular weight excluding hydrogens is 222 g/mol. The summed E-state index contributed by atoms with van der Waals surface area (Å²) < 4.78 is 5.42. The second-order valence-corrected chi connectivity index (χ2v) is 5.27. The number of allylic oxidation sites excluding steroid dienone is 1. The smallest absolute Gasteiger partial charge is 0.106 e. The summed E-state index contributed by atoms with van der Waals surface area (Å²) in [4.78, 5) is 4.49. The Bertz CT molecular complexity index is 484. The lowest BCUT2D eigenvalue weighted by Crippen LogP contribution is -2.07. The monoisotopic (exact) mass is 243 g/mol. The van der Waals surface area contributed by atoms with Crippen molar-refractivity contribution >= 4 is 11.6 Å². The van der Waals surface area contributed by atoms with Crippen LogP contribution in [0.3, 0.4) is 0 Å². The standard InChI is InChI=1S/C16H21NO/c1-11(2)13-5-8-17-15-7-10-18-9-6-14(12(3)4)16(13)15/h5-8,10-12H,9H2,1-4H3/b10-7-,14-6-. The Morgan fingerprint density at radius 2 is 1.94 bits per heavy atom. The number of fused-ring (bicyclic) bond motifs is 1. The summed E-state index contributed by atoms with van der Waals surface area (Å²) in [6.07, 6.45) is 7.78. The Morgan fingerprint density at radius 3 is 2.61 bits per heavy atom. The van der Waals surface area contributed by atoms with Crippen molar-refractivity contribution in [3.63, 3.8) is 0 Å². The average molecular weight is 243 g/mol. The van der Waals surface area contributed by atoms with Gasteiger partial charge >= 0.3 is 0 Å². The van der Waals surface area contributed by atoms with Gasteiger partial charge in [-0.05, 0) is 41.2 Å². The third kappa shape index (κ3) is 2.47. The molecule has 18 heavy (non-hydrogen) atoms. The van der Waals surface area contributed by atoms with Crippen LogP contribution in [-0.2, 0) is 4.74 Å². The van der Waals surface area contributed by atoms with E-state index in [9.17, 15) is 0 Å². The first-order valence-electron chi connectivity index (χ1n) is 6.58. The SMILES string of the molecule is CC(C)/C1=C/CO/C=C\c2nccc(C(C)C)c21. The van der Waals surface area contributed by atoms with Crippen LogP contribution in [0.5, 0.6) is 0 Å². The zero-order valence-electron chi connectivity index (χ0n) is 11.6. The van der Waals surface area contributed by atoms with Gasteiger partial charge in [0, 0.05) is 11.8 Å². The number of hydrogen-bond donors (Lipinski definition) is 0. The van der Waals surface area contributed by atoms with Crippen LogP contribution < -0.4 is 0 Å². The van der Waals surface area contributed by atoms with Crippen molar-refractivity contribution in [1.29, 1.82) is 0 Å². The molecule has 1 aliphatic rings. The van der Waals surface area contributed by atoms with Crippen LogP contribution in [0.2, 0.25) is 0 Å². The minimum atomic E-state index is 0.473. The van der Waals surface area contributed by atoms with Crippen molar-refractivity contribution in [1.82, 2.24) is 4.98 Å². The highest BCUT2D eigenvalue weighted by Crippen LogP contribution is 2.33. The number of nitrogens with zero attached hydrogens (tertiary/aromatic N) is 1. The lowest BCUT2D eigenvalue weighted by Gasteiger charge is -2.21. The van der Waals surface area contributed by atoms with Crippen molar-refractivity contribution in [2.24, 2.45) is 5.92 Å². The average Bonchev–Trinajstić information content (AvgIpc) is 2.28. The van der Waals surface area contributed by atoms with Crippen LogP contribution in [0.15, 0.2) is 24.6 Å². The summed E-state index contributed by atoms with van der Waals surface area (Å²) in [5.41, 5.74) is 5.01. The highest BCUT2D eigenvalue weighted by Gasteiger charge is 2.18. The van der Waals surface area contributed by atoms with E-state index in [4.69, 9.17) is 4.74 Å². The molecule has 0 N–H and O–H groups in total. The van der Waals surface area contributed by atoms with Gasteiger partial charge in [-0.1, -0.05) is 27.7 Å². The highest BCUT2D eigenvalue weighted by atomic mass is 16.5. The fraction of sp³-hybridized carbons (Fsp3) is 0.438. The Morgan fingerprint density at radius 1 is 1.17 bits per heavy atom. The fourth-order valence-corrected chi connectivity index (χ4v) is 2.35. The molecule has 2 heterocycles. The summed E-state index contributed by atoms with van der Waals surface area (Å²) in [5, 5.41) is 0. The van der Waals surface area contributed by atoms with Gasteiger partial charge in [-0.25, -0.2) is 0 Å². The normalized spacial score (nSPS) is 19.6. The quantitative estimate of drug-likeness (QED) is 0.775. The van der Waals surface area contributed by atoms with E-state index in [1.165, 1.54) is 16.7 Å². The van der Waals surface area contributed by atoms with Crippen molar-refractivity contribution < 1.29 is 4.74 Å². The van der Waals surface area contributed by atoms with Gasteiger partial charge < -0.3 is 4.74 Å². The fourth-order valence-electron chi connectivity index (χ4n) is 2.35. The van der Waals surface area contributed by atoms with Crippen molar-refractivity contribution in [3.8, 4) is 0 Å². The summed E-state index contributed by atoms with van der Waals surface area (Å²) in [5.74, 6) is 0.971. The maximum absolute atomic E-state index is 5.42. The molecule has 0 radical (unpaired) electrons. The Kier molecular flexibility index (Phi) is 3.85. The first-order valence-corrected chi connectivity index (χ1v) is 6.58. The maximum Gasteiger partial charge on any atom is 0.106 e.